The summed E-state index contributed by atoms with van der Waals surface area (Å²) in [5, 5.41) is 8.50. The van der Waals surface area contributed by atoms with Crippen molar-refractivity contribution in [1.82, 2.24) is 4.98 Å². The van der Waals surface area contributed by atoms with Crippen LogP contribution in [0.2, 0.25) is 0 Å². The number of hydrogen-bond acceptors (Lipinski definition) is 2. The molecule has 46 valence electrons. The molecule has 0 aliphatic rings. The topological polar surface area (TPSA) is 53.1 Å². The Morgan fingerprint density at radius 3 is 2.78 bits per heavy atom. The Kier molecular flexibility index (Phi) is 1.70. The van der Waals surface area contributed by atoms with E-state index in [0.717, 1.165) is 0 Å². The molecule has 1 aromatic rings. The van der Waals surface area contributed by atoms with E-state index in [2.05, 4.69) is 4.98 Å². The molecule has 0 atom stereocenters. The lowest BCUT2D eigenvalue weighted by molar-refractivity contribution is 0.111. The number of rotatable bonds is 2. The van der Waals surface area contributed by atoms with Gasteiger partial charge in [0.1, 0.15) is 0 Å². The smallest absolute Gasteiger partial charge is 0.322 e. The van der Waals surface area contributed by atoms with Gasteiger partial charge in [0.2, 0.25) is 0 Å². The summed E-state index contributed by atoms with van der Waals surface area (Å²) in [7, 11) is -0.0478. The molecule has 3 nitrogen and oxygen atoms in total. The Labute approximate surface area is 53.0 Å². The van der Waals surface area contributed by atoms with E-state index >= 15 is 0 Å². The van der Waals surface area contributed by atoms with Gasteiger partial charge in [-0.2, -0.15) is 0 Å². The first-order valence-corrected chi connectivity index (χ1v) is 2.60. The third kappa shape index (κ3) is 1.20. The van der Waals surface area contributed by atoms with Crippen LogP contribution in [-0.4, -0.2) is 23.8 Å². The maximum absolute atomic E-state index is 10.0. The minimum atomic E-state index is -0.0478. The van der Waals surface area contributed by atoms with Crippen LogP contribution in [0.5, 0.6) is 0 Å². The van der Waals surface area contributed by atoms with Crippen molar-refractivity contribution >= 4 is 19.4 Å². The van der Waals surface area contributed by atoms with Crippen LogP contribution in [0, 0.1) is 0 Å². The Hall–Kier alpha value is -1.03. The fourth-order valence-electron chi connectivity index (χ4n) is 0.620. The van der Waals surface area contributed by atoms with Crippen molar-refractivity contribution in [1.29, 1.82) is 0 Å². The van der Waals surface area contributed by atoms with Crippen LogP contribution in [0.15, 0.2) is 12.1 Å². The van der Waals surface area contributed by atoms with Gasteiger partial charge < -0.3 is 10.0 Å². The zero-order valence-electron chi connectivity index (χ0n) is 4.79. The lowest BCUT2D eigenvalue weighted by atomic mass is 9.97. The van der Waals surface area contributed by atoms with Crippen LogP contribution in [0.25, 0.3) is 0 Å². The SMILES string of the molecule is O=Cc1ccc(BO)[nH]1. The molecule has 0 spiro atoms. The monoisotopic (exact) mass is 123 g/mol. The van der Waals surface area contributed by atoms with Crippen molar-refractivity contribution in [3.05, 3.63) is 17.8 Å². The summed E-state index contributed by atoms with van der Waals surface area (Å²) in [6.45, 7) is 0. The number of aldehydes is 1. The molecule has 0 amide bonds. The number of aromatic nitrogens is 1. The summed E-state index contributed by atoms with van der Waals surface area (Å²) in [4.78, 5) is 12.7. The average molecular weight is 123 g/mol. The molecule has 0 unspecified atom stereocenters. The van der Waals surface area contributed by atoms with Gasteiger partial charge in [0.25, 0.3) is 0 Å². The first-order chi connectivity index (χ1) is 4.36. The van der Waals surface area contributed by atoms with Crippen molar-refractivity contribution in [3.63, 3.8) is 0 Å². The van der Waals surface area contributed by atoms with Crippen LogP contribution in [0.3, 0.4) is 0 Å². The molecule has 0 saturated heterocycles. The van der Waals surface area contributed by atoms with Gasteiger partial charge in [-0.1, -0.05) is 0 Å². The van der Waals surface area contributed by atoms with Crippen molar-refractivity contribution in [2.24, 2.45) is 0 Å². The van der Waals surface area contributed by atoms with Gasteiger partial charge in [0.15, 0.2) is 6.29 Å². The minimum absolute atomic E-state index is 0.0478. The lowest BCUT2D eigenvalue weighted by Gasteiger charge is -1.81. The molecule has 0 bridgehead atoms. The fraction of sp³-hybridized carbons (Fsp3) is 0. The number of carbonyl (C=O) groups excluding carboxylic acids is 1. The van der Waals surface area contributed by atoms with Gasteiger partial charge >= 0.3 is 7.48 Å². The van der Waals surface area contributed by atoms with Crippen LogP contribution < -0.4 is 5.59 Å². The second kappa shape index (κ2) is 2.50. The van der Waals surface area contributed by atoms with Crippen LogP contribution in [-0.2, 0) is 0 Å². The van der Waals surface area contributed by atoms with Crippen molar-refractivity contribution in [2.75, 3.05) is 0 Å². The van der Waals surface area contributed by atoms with Crippen molar-refractivity contribution in [2.45, 2.75) is 0 Å². The van der Waals surface area contributed by atoms with E-state index < -0.39 is 0 Å². The predicted molar refractivity (Wildman–Crippen MR) is 35.2 cm³/mol. The molecule has 0 fully saturated rings. The number of H-pyrrole nitrogens is 1. The molecule has 0 aliphatic carbocycles. The van der Waals surface area contributed by atoms with Crippen molar-refractivity contribution in [3.8, 4) is 0 Å². The van der Waals surface area contributed by atoms with E-state index in [-0.39, 0.29) is 7.48 Å². The van der Waals surface area contributed by atoms with E-state index in [1.54, 1.807) is 12.1 Å². The first kappa shape index (κ1) is 6.10. The third-order valence-electron chi connectivity index (χ3n) is 1.07. The summed E-state index contributed by atoms with van der Waals surface area (Å²) in [5.41, 5.74) is 1.16. The normalized spacial score (nSPS) is 9.00. The molecule has 0 radical (unpaired) electrons. The number of carbonyl (C=O) groups is 1. The summed E-state index contributed by atoms with van der Waals surface area (Å²) in [5.74, 6) is 0. The Bertz CT molecular complexity index is 208. The standard InChI is InChI=1S/C5H6BNO2/c8-3-4-1-2-5(6-9)7-4/h1-3,6-7,9H. The van der Waals surface area contributed by atoms with Gasteiger partial charge in [-0.05, 0) is 12.1 Å². The van der Waals surface area contributed by atoms with Gasteiger partial charge in [-0.25, -0.2) is 0 Å². The molecule has 0 aromatic carbocycles. The highest BCUT2D eigenvalue weighted by Gasteiger charge is 1.94. The van der Waals surface area contributed by atoms with E-state index in [1.807, 2.05) is 0 Å². The summed E-state index contributed by atoms with van der Waals surface area (Å²) in [6.07, 6.45) is 0.707. The third-order valence-corrected chi connectivity index (χ3v) is 1.07. The second-order valence-corrected chi connectivity index (χ2v) is 1.71. The highest BCUT2D eigenvalue weighted by Crippen LogP contribution is 1.84. The van der Waals surface area contributed by atoms with Crippen LogP contribution in [0.4, 0.5) is 0 Å². The number of aromatic amines is 1. The van der Waals surface area contributed by atoms with E-state index in [4.69, 9.17) is 5.02 Å². The Morgan fingerprint density at radius 2 is 2.44 bits per heavy atom. The van der Waals surface area contributed by atoms with Gasteiger partial charge in [0.05, 0.1) is 5.69 Å². The van der Waals surface area contributed by atoms with Crippen LogP contribution >= 0.6 is 0 Å². The lowest BCUT2D eigenvalue weighted by Crippen LogP contribution is -2.13. The number of nitrogens with one attached hydrogen (secondary N) is 1. The maximum Gasteiger partial charge on any atom is 0.322 e. The highest BCUT2D eigenvalue weighted by molar-refractivity contribution is 6.44. The average Bonchev–Trinajstić information content (AvgIpc) is 2.34. The first-order valence-electron chi connectivity index (χ1n) is 2.60. The molecule has 0 aliphatic heterocycles. The van der Waals surface area contributed by atoms with E-state index in [0.29, 0.717) is 17.6 Å². The van der Waals surface area contributed by atoms with Gasteiger partial charge in [-0.15, -0.1) is 0 Å². The van der Waals surface area contributed by atoms with Gasteiger partial charge in [0, 0.05) is 5.59 Å². The zero-order valence-corrected chi connectivity index (χ0v) is 4.79. The summed E-state index contributed by atoms with van der Waals surface area (Å²) in [6, 6.07) is 3.29. The molecule has 1 rings (SSSR count). The number of hydrogen-bond donors (Lipinski definition) is 2. The second-order valence-electron chi connectivity index (χ2n) is 1.71. The fourth-order valence-corrected chi connectivity index (χ4v) is 0.620. The van der Waals surface area contributed by atoms with E-state index in [9.17, 15) is 4.79 Å². The molecule has 2 N–H and O–H groups in total. The molecule has 1 aromatic heterocycles. The van der Waals surface area contributed by atoms with Gasteiger partial charge in [-0.3, -0.25) is 4.79 Å². The Balaban J connectivity index is 2.86. The van der Waals surface area contributed by atoms with E-state index in [1.165, 1.54) is 0 Å². The molecule has 4 heteroatoms. The minimum Gasteiger partial charge on any atom is -0.448 e. The summed E-state index contributed by atoms with van der Waals surface area (Å²) >= 11 is 0. The van der Waals surface area contributed by atoms with Crippen LogP contribution in [0.1, 0.15) is 10.5 Å². The Morgan fingerprint density at radius 1 is 1.67 bits per heavy atom. The molecule has 0 saturated carbocycles. The predicted octanol–water partition coefficient (Wildman–Crippen LogP) is -1.20. The quantitative estimate of drug-likeness (QED) is 0.383. The zero-order chi connectivity index (χ0) is 6.69. The maximum atomic E-state index is 10.0. The summed E-state index contributed by atoms with van der Waals surface area (Å²) < 4.78 is 0. The highest BCUT2D eigenvalue weighted by atomic mass is 16.2. The molecule has 9 heavy (non-hydrogen) atoms. The largest absolute Gasteiger partial charge is 0.448 e. The molecular weight excluding hydrogens is 117 g/mol. The molecule has 1 heterocycles. The van der Waals surface area contributed by atoms with Crippen molar-refractivity contribution < 1.29 is 9.82 Å². The molecular formula is C5H6BNO2.